The number of halogens is 1. The van der Waals surface area contributed by atoms with Crippen LogP contribution in [0.1, 0.15) is 36.8 Å². The molecule has 2 aliphatic rings. The Morgan fingerprint density at radius 2 is 1.86 bits per heavy atom. The normalized spacial score (nSPS) is 18.4. The number of likely N-dealkylation sites (N-methyl/N-ethyl adjacent to an activating group) is 1. The molecule has 1 aromatic rings. The van der Waals surface area contributed by atoms with Gasteiger partial charge in [0, 0.05) is 52.9 Å². The number of nitrogens with one attached hydrogen (secondary N) is 1. The SMILES string of the molecule is Cc1cccc(CN2CCN(C(=NCC(=O)N(C)C)NC3CCCC3)CC2)c1.I. The Bertz CT molecular complexity index is 680. The van der Waals surface area contributed by atoms with Crippen molar-refractivity contribution in [3.05, 3.63) is 35.4 Å². The first-order chi connectivity index (χ1) is 13.5. The van der Waals surface area contributed by atoms with Crippen LogP contribution in [0.3, 0.4) is 0 Å². The van der Waals surface area contributed by atoms with Crippen LogP contribution < -0.4 is 5.32 Å². The number of aliphatic imine (C=N–C) groups is 1. The van der Waals surface area contributed by atoms with E-state index in [1.807, 2.05) is 0 Å². The summed E-state index contributed by atoms with van der Waals surface area (Å²) in [5.74, 6) is 0.959. The maximum absolute atomic E-state index is 12.0. The van der Waals surface area contributed by atoms with Gasteiger partial charge in [-0.3, -0.25) is 9.69 Å². The molecule has 2 fully saturated rings. The smallest absolute Gasteiger partial charge is 0.243 e. The molecule has 0 spiro atoms. The summed E-state index contributed by atoms with van der Waals surface area (Å²) < 4.78 is 0. The highest BCUT2D eigenvalue weighted by atomic mass is 127. The van der Waals surface area contributed by atoms with Gasteiger partial charge < -0.3 is 15.1 Å². The van der Waals surface area contributed by atoms with Crippen molar-refractivity contribution >= 4 is 35.8 Å². The summed E-state index contributed by atoms with van der Waals surface area (Å²) in [6.07, 6.45) is 4.97. The molecule has 3 rings (SSSR count). The molecule has 1 aliphatic carbocycles. The Morgan fingerprint density at radius 3 is 2.48 bits per heavy atom. The maximum Gasteiger partial charge on any atom is 0.243 e. The van der Waals surface area contributed by atoms with E-state index in [4.69, 9.17) is 0 Å². The fourth-order valence-corrected chi connectivity index (χ4v) is 3.96. The van der Waals surface area contributed by atoms with Crippen LogP contribution in [0.25, 0.3) is 0 Å². The minimum absolute atomic E-state index is 0. The van der Waals surface area contributed by atoms with Gasteiger partial charge in [0.05, 0.1) is 0 Å². The number of amides is 1. The second-order valence-electron chi connectivity index (χ2n) is 8.31. The molecule has 1 saturated carbocycles. The molecule has 0 aromatic heterocycles. The summed E-state index contributed by atoms with van der Waals surface area (Å²) in [6.45, 7) is 7.28. The summed E-state index contributed by atoms with van der Waals surface area (Å²) in [7, 11) is 3.57. The van der Waals surface area contributed by atoms with E-state index in [-0.39, 0.29) is 36.4 Å². The lowest BCUT2D eigenvalue weighted by molar-refractivity contribution is -0.127. The zero-order valence-corrected chi connectivity index (χ0v) is 20.4. The molecule has 0 bridgehead atoms. The number of piperazine rings is 1. The van der Waals surface area contributed by atoms with E-state index in [0.29, 0.717) is 6.04 Å². The first-order valence-electron chi connectivity index (χ1n) is 10.6. The number of nitrogens with zero attached hydrogens (tertiary/aromatic N) is 4. The van der Waals surface area contributed by atoms with E-state index in [0.717, 1.165) is 38.7 Å². The largest absolute Gasteiger partial charge is 0.353 e. The van der Waals surface area contributed by atoms with Crippen molar-refractivity contribution in [3.8, 4) is 0 Å². The lowest BCUT2D eigenvalue weighted by atomic mass is 10.1. The highest BCUT2D eigenvalue weighted by Crippen LogP contribution is 2.18. The van der Waals surface area contributed by atoms with Gasteiger partial charge in [-0.25, -0.2) is 4.99 Å². The molecule has 1 aliphatic heterocycles. The topological polar surface area (TPSA) is 51.2 Å². The van der Waals surface area contributed by atoms with Crippen molar-refractivity contribution in [1.82, 2.24) is 20.0 Å². The van der Waals surface area contributed by atoms with Gasteiger partial charge in [-0.2, -0.15) is 0 Å². The van der Waals surface area contributed by atoms with Crippen molar-refractivity contribution in [3.63, 3.8) is 0 Å². The van der Waals surface area contributed by atoms with E-state index in [2.05, 4.69) is 51.3 Å². The summed E-state index contributed by atoms with van der Waals surface area (Å²) in [4.78, 5) is 23.1. The molecule has 0 unspecified atom stereocenters. The van der Waals surface area contributed by atoms with E-state index >= 15 is 0 Å². The predicted octanol–water partition coefficient (Wildman–Crippen LogP) is 2.71. The van der Waals surface area contributed by atoms with Crippen LogP contribution in [-0.4, -0.2) is 79.4 Å². The highest BCUT2D eigenvalue weighted by molar-refractivity contribution is 14.0. The minimum atomic E-state index is 0. The number of rotatable bonds is 5. The predicted molar refractivity (Wildman–Crippen MR) is 130 cm³/mol. The molecular formula is C22H36IN5O. The first-order valence-corrected chi connectivity index (χ1v) is 10.6. The second kappa shape index (κ2) is 11.7. The van der Waals surface area contributed by atoms with E-state index < -0.39 is 0 Å². The van der Waals surface area contributed by atoms with Crippen LogP contribution in [-0.2, 0) is 11.3 Å². The quantitative estimate of drug-likeness (QED) is 0.374. The van der Waals surface area contributed by atoms with E-state index in [1.54, 1.807) is 19.0 Å². The number of carbonyl (C=O) groups is 1. The zero-order valence-electron chi connectivity index (χ0n) is 18.1. The second-order valence-corrected chi connectivity index (χ2v) is 8.31. The number of carbonyl (C=O) groups excluding carboxylic acids is 1. The lowest BCUT2D eigenvalue weighted by Crippen LogP contribution is -2.54. The first kappa shape index (κ1) is 23.9. The molecule has 1 amide bonds. The van der Waals surface area contributed by atoms with Crippen molar-refractivity contribution in [2.45, 2.75) is 45.2 Å². The van der Waals surface area contributed by atoms with Crippen molar-refractivity contribution in [1.29, 1.82) is 0 Å². The standard InChI is InChI=1S/C22H35N5O.HI/c1-18-7-6-8-19(15-18)17-26-11-13-27(14-12-26)22(23-16-21(28)25(2)3)24-20-9-4-5-10-20;/h6-8,15,20H,4-5,9-14,16-17H2,1-3H3,(H,23,24);1H. The Kier molecular flexibility index (Phi) is 9.68. The summed E-state index contributed by atoms with van der Waals surface area (Å²) in [5.41, 5.74) is 2.69. The summed E-state index contributed by atoms with van der Waals surface area (Å²) >= 11 is 0. The molecule has 7 heteroatoms. The molecule has 1 heterocycles. The van der Waals surface area contributed by atoms with Crippen LogP contribution in [0.2, 0.25) is 0 Å². The molecule has 162 valence electrons. The average molecular weight is 513 g/mol. The van der Waals surface area contributed by atoms with Gasteiger partial charge in [0.2, 0.25) is 5.91 Å². The van der Waals surface area contributed by atoms with Gasteiger partial charge in [-0.05, 0) is 25.3 Å². The minimum Gasteiger partial charge on any atom is -0.353 e. The maximum atomic E-state index is 12.0. The molecule has 6 nitrogen and oxygen atoms in total. The third-order valence-electron chi connectivity index (χ3n) is 5.71. The molecule has 1 aromatic carbocycles. The molecule has 0 atom stereocenters. The average Bonchev–Trinajstić information content (AvgIpc) is 3.18. The third kappa shape index (κ3) is 7.44. The van der Waals surface area contributed by atoms with Crippen LogP contribution >= 0.6 is 24.0 Å². The highest BCUT2D eigenvalue weighted by Gasteiger charge is 2.23. The van der Waals surface area contributed by atoms with Crippen LogP contribution in [0.4, 0.5) is 0 Å². The number of guanidine groups is 1. The number of aryl methyl sites for hydroxylation is 1. The molecule has 0 radical (unpaired) electrons. The van der Waals surface area contributed by atoms with Gasteiger partial charge in [0.15, 0.2) is 5.96 Å². The van der Waals surface area contributed by atoms with Crippen LogP contribution in [0.15, 0.2) is 29.3 Å². The molecule has 29 heavy (non-hydrogen) atoms. The van der Waals surface area contributed by atoms with E-state index in [1.165, 1.54) is 36.8 Å². The van der Waals surface area contributed by atoms with Crippen LogP contribution in [0, 0.1) is 6.92 Å². The lowest BCUT2D eigenvalue weighted by Gasteiger charge is -2.37. The van der Waals surface area contributed by atoms with Crippen molar-refractivity contribution in [2.75, 3.05) is 46.8 Å². The Hall–Kier alpha value is -1.35. The fourth-order valence-electron chi connectivity index (χ4n) is 3.96. The van der Waals surface area contributed by atoms with Gasteiger partial charge in [-0.15, -0.1) is 24.0 Å². The summed E-state index contributed by atoms with van der Waals surface area (Å²) in [6, 6.07) is 9.26. The van der Waals surface area contributed by atoms with E-state index in [9.17, 15) is 4.79 Å². The summed E-state index contributed by atoms with van der Waals surface area (Å²) in [5, 5.41) is 3.64. The molecular weight excluding hydrogens is 477 g/mol. The Labute approximate surface area is 192 Å². The van der Waals surface area contributed by atoms with Crippen molar-refractivity contribution < 1.29 is 4.79 Å². The van der Waals surface area contributed by atoms with Gasteiger partial charge in [-0.1, -0.05) is 42.7 Å². The zero-order chi connectivity index (χ0) is 19.9. The Morgan fingerprint density at radius 1 is 1.17 bits per heavy atom. The van der Waals surface area contributed by atoms with Gasteiger partial charge >= 0.3 is 0 Å². The fraction of sp³-hybridized carbons (Fsp3) is 0.636. The van der Waals surface area contributed by atoms with Gasteiger partial charge in [0.25, 0.3) is 0 Å². The monoisotopic (exact) mass is 513 g/mol. The number of hydrogen-bond acceptors (Lipinski definition) is 3. The third-order valence-corrected chi connectivity index (χ3v) is 5.71. The Balaban J connectivity index is 0.00000300. The molecule has 1 saturated heterocycles. The van der Waals surface area contributed by atoms with Gasteiger partial charge in [0.1, 0.15) is 6.54 Å². The number of hydrogen-bond donors (Lipinski definition) is 1. The molecule has 1 N–H and O–H groups in total. The number of benzene rings is 1. The van der Waals surface area contributed by atoms with Crippen molar-refractivity contribution in [2.24, 2.45) is 4.99 Å². The van der Waals surface area contributed by atoms with Crippen LogP contribution in [0.5, 0.6) is 0 Å².